The fraction of sp³-hybridized carbons (Fsp3) is 0.474. The molecule has 2 fully saturated rings. The van der Waals surface area contributed by atoms with Crippen LogP contribution in [0.2, 0.25) is 0 Å². The molecule has 1 aliphatic carbocycles. The Morgan fingerprint density at radius 1 is 1.28 bits per heavy atom. The van der Waals surface area contributed by atoms with E-state index in [-0.39, 0.29) is 19.1 Å². The second kappa shape index (κ2) is 6.45. The van der Waals surface area contributed by atoms with E-state index >= 15 is 4.39 Å². The zero-order valence-electron chi connectivity index (χ0n) is 15.5. The van der Waals surface area contributed by atoms with Gasteiger partial charge in [0.25, 0.3) is 0 Å². The molecule has 2 aromatic rings. The number of fused-ring (bicyclic) bond motifs is 1. The minimum atomic E-state index is -1.62. The van der Waals surface area contributed by atoms with E-state index in [1.807, 2.05) is 0 Å². The number of aromatic carboxylic acids is 1. The maximum atomic E-state index is 15.5. The summed E-state index contributed by atoms with van der Waals surface area (Å²) in [6.45, 7) is 0.506. The molecular formula is C19H19F4N3O3. The predicted molar refractivity (Wildman–Crippen MR) is 97.6 cm³/mol. The van der Waals surface area contributed by atoms with Crippen molar-refractivity contribution in [2.24, 2.45) is 11.7 Å². The Morgan fingerprint density at radius 2 is 1.93 bits per heavy atom. The summed E-state index contributed by atoms with van der Waals surface area (Å²) < 4.78 is 59.9. The lowest BCUT2D eigenvalue weighted by molar-refractivity contribution is 0.0694. The summed E-state index contributed by atoms with van der Waals surface area (Å²) in [6.07, 6.45) is 2.13. The molecule has 156 valence electrons. The van der Waals surface area contributed by atoms with Crippen molar-refractivity contribution in [3.05, 3.63) is 39.4 Å². The van der Waals surface area contributed by atoms with Crippen molar-refractivity contribution in [2.75, 3.05) is 24.7 Å². The monoisotopic (exact) mass is 413 g/mol. The van der Waals surface area contributed by atoms with Crippen LogP contribution in [0.1, 0.15) is 36.2 Å². The number of nitrogens with two attached hydrogens (primary N) is 1. The van der Waals surface area contributed by atoms with Crippen LogP contribution in [0.5, 0.6) is 0 Å². The second-order valence-electron chi connectivity index (χ2n) is 8.07. The molecule has 0 bridgehead atoms. The Bertz CT molecular complexity index is 1090. The highest BCUT2D eigenvalue weighted by Crippen LogP contribution is 2.42. The quantitative estimate of drug-likeness (QED) is 0.594. The van der Waals surface area contributed by atoms with E-state index in [2.05, 4.69) is 0 Å². The lowest BCUT2D eigenvalue weighted by Crippen LogP contribution is -2.45. The number of pyridine rings is 1. The number of anilines is 1. The average molecular weight is 413 g/mol. The van der Waals surface area contributed by atoms with Crippen molar-refractivity contribution in [1.82, 2.24) is 4.57 Å². The number of carboxylic acid groups (broad SMARTS) is 1. The molecule has 0 amide bonds. The lowest BCUT2D eigenvalue weighted by atomic mass is 9.92. The van der Waals surface area contributed by atoms with E-state index in [1.165, 1.54) is 4.57 Å². The molecule has 1 aromatic carbocycles. The van der Waals surface area contributed by atoms with Crippen molar-refractivity contribution in [2.45, 2.75) is 31.3 Å². The first kappa shape index (κ1) is 19.7. The third-order valence-corrected chi connectivity index (χ3v) is 5.85. The maximum absolute atomic E-state index is 15.5. The van der Waals surface area contributed by atoms with Crippen molar-refractivity contribution >= 4 is 22.6 Å². The molecule has 1 aromatic heterocycles. The van der Waals surface area contributed by atoms with E-state index in [4.69, 9.17) is 5.73 Å². The first-order valence-corrected chi connectivity index (χ1v) is 9.16. The summed E-state index contributed by atoms with van der Waals surface area (Å²) in [5, 5.41) is 8.30. The molecule has 2 atom stereocenters. The van der Waals surface area contributed by atoms with Crippen molar-refractivity contribution < 1.29 is 27.5 Å². The molecule has 1 saturated heterocycles. The Morgan fingerprint density at radius 3 is 2.45 bits per heavy atom. The fourth-order valence-corrected chi connectivity index (χ4v) is 4.03. The smallest absolute Gasteiger partial charge is 0.341 e. The highest BCUT2D eigenvalue weighted by atomic mass is 19.2. The lowest BCUT2D eigenvalue weighted by Gasteiger charge is -2.25. The summed E-state index contributed by atoms with van der Waals surface area (Å²) >= 11 is 0. The number of aromatic nitrogens is 1. The molecule has 1 saturated carbocycles. The largest absolute Gasteiger partial charge is 0.477 e. The molecule has 0 radical (unpaired) electrons. The zero-order valence-corrected chi connectivity index (χ0v) is 15.5. The van der Waals surface area contributed by atoms with Crippen LogP contribution in [0.4, 0.5) is 23.2 Å². The Kier molecular flexibility index (Phi) is 4.38. The van der Waals surface area contributed by atoms with Gasteiger partial charge in [0.1, 0.15) is 11.3 Å². The van der Waals surface area contributed by atoms with Gasteiger partial charge < -0.3 is 20.3 Å². The third kappa shape index (κ3) is 2.88. The standard InChI is InChI=1S/C19H19F4N3O3/c1-19(24)7-25(5-8(19)4-20)16-13(22)12(21)11-15(14(16)23)26(9-2-3-9)6-10(17(11)27)18(28)29/h6,8-9H,2-5,7,24H2,1H3,(H,28,29). The molecule has 2 unspecified atom stereocenters. The summed E-state index contributed by atoms with van der Waals surface area (Å²) in [6, 6.07) is -0.319. The number of carbonyl (C=O) groups is 1. The van der Waals surface area contributed by atoms with Crippen LogP contribution < -0.4 is 16.1 Å². The van der Waals surface area contributed by atoms with Gasteiger partial charge in [-0.25, -0.2) is 18.0 Å². The Balaban J connectivity index is 2.02. The topological polar surface area (TPSA) is 88.6 Å². The SMILES string of the molecule is CC1(N)CN(c2c(F)c(F)c3c(=O)c(C(=O)O)cn(C4CC4)c3c2F)CC1CF. The van der Waals surface area contributed by atoms with Gasteiger partial charge in [-0.15, -0.1) is 0 Å². The van der Waals surface area contributed by atoms with Crippen LogP contribution in [-0.2, 0) is 0 Å². The predicted octanol–water partition coefficient (Wildman–Crippen LogP) is 2.58. The number of hydrogen-bond acceptors (Lipinski definition) is 4. The van der Waals surface area contributed by atoms with Gasteiger partial charge in [-0.3, -0.25) is 9.18 Å². The van der Waals surface area contributed by atoms with Crippen LogP contribution in [-0.4, -0.2) is 40.9 Å². The van der Waals surface area contributed by atoms with Crippen molar-refractivity contribution in [3.63, 3.8) is 0 Å². The highest BCUT2D eigenvalue weighted by Gasteiger charge is 2.43. The Labute approximate surface area is 162 Å². The van der Waals surface area contributed by atoms with Crippen LogP contribution in [0.15, 0.2) is 11.0 Å². The van der Waals surface area contributed by atoms with Gasteiger partial charge in [0.05, 0.1) is 17.6 Å². The highest BCUT2D eigenvalue weighted by molar-refractivity contribution is 5.94. The summed E-state index contributed by atoms with van der Waals surface area (Å²) in [5.41, 5.74) is 1.69. The molecule has 3 N–H and O–H groups in total. The molecule has 0 spiro atoms. The number of carboxylic acids is 1. The van der Waals surface area contributed by atoms with E-state index in [9.17, 15) is 27.9 Å². The molecule has 1 aliphatic heterocycles. The van der Waals surface area contributed by atoms with Gasteiger partial charge >= 0.3 is 5.97 Å². The minimum absolute atomic E-state index is 0.110. The van der Waals surface area contributed by atoms with E-state index < -0.39 is 69.1 Å². The summed E-state index contributed by atoms with van der Waals surface area (Å²) in [7, 11) is 0. The number of halogens is 4. The summed E-state index contributed by atoms with van der Waals surface area (Å²) in [5.74, 6) is -6.75. The van der Waals surface area contributed by atoms with E-state index in [0.29, 0.717) is 12.8 Å². The van der Waals surface area contributed by atoms with Gasteiger partial charge in [0.2, 0.25) is 5.43 Å². The summed E-state index contributed by atoms with van der Waals surface area (Å²) in [4.78, 5) is 25.0. The number of alkyl halides is 1. The number of benzene rings is 1. The first-order chi connectivity index (χ1) is 13.6. The second-order valence-corrected chi connectivity index (χ2v) is 8.07. The number of hydrogen-bond donors (Lipinski definition) is 2. The average Bonchev–Trinajstić information content (AvgIpc) is 3.43. The van der Waals surface area contributed by atoms with E-state index in [0.717, 1.165) is 11.1 Å². The van der Waals surface area contributed by atoms with Crippen LogP contribution in [0, 0.1) is 23.4 Å². The third-order valence-electron chi connectivity index (χ3n) is 5.85. The molecular weight excluding hydrogens is 394 g/mol. The normalized spacial score (nSPS) is 24.5. The molecule has 10 heteroatoms. The van der Waals surface area contributed by atoms with Crippen molar-refractivity contribution in [1.29, 1.82) is 0 Å². The van der Waals surface area contributed by atoms with Crippen LogP contribution in [0.3, 0.4) is 0 Å². The molecule has 2 aliphatic rings. The number of rotatable bonds is 4. The van der Waals surface area contributed by atoms with Crippen LogP contribution in [0.25, 0.3) is 10.9 Å². The van der Waals surface area contributed by atoms with Gasteiger partial charge in [-0.2, -0.15) is 0 Å². The molecule has 29 heavy (non-hydrogen) atoms. The first-order valence-electron chi connectivity index (χ1n) is 9.16. The van der Waals surface area contributed by atoms with Gasteiger partial charge in [0, 0.05) is 36.8 Å². The Hall–Kier alpha value is -2.62. The van der Waals surface area contributed by atoms with Gasteiger partial charge in [0.15, 0.2) is 17.5 Å². The maximum Gasteiger partial charge on any atom is 0.341 e. The molecule has 4 rings (SSSR count). The number of nitrogens with zero attached hydrogens (tertiary/aromatic N) is 2. The molecule has 6 nitrogen and oxygen atoms in total. The van der Waals surface area contributed by atoms with E-state index in [1.54, 1.807) is 6.92 Å². The van der Waals surface area contributed by atoms with Crippen LogP contribution >= 0.6 is 0 Å². The minimum Gasteiger partial charge on any atom is -0.477 e. The zero-order chi connectivity index (χ0) is 21.2. The van der Waals surface area contributed by atoms with Gasteiger partial charge in [-0.05, 0) is 19.8 Å². The fourth-order valence-electron chi connectivity index (χ4n) is 4.03. The van der Waals surface area contributed by atoms with Crippen molar-refractivity contribution in [3.8, 4) is 0 Å². The molecule has 2 heterocycles. The van der Waals surface area contributed by atoms with Gasteiger partial charge in [-0.1, -0.05) is 0 Å².